The molecule has 0 bridgehead atoms. The van der Waals surface area contributed by atoms with Gasteiger partial charge in [-0.2, -0.15) is 0 Å². The summed E-state index contributed by atoms with van der Waals surface area (Å²) in [7, 11) is 0. The smallest absolute Gasteiger partial charge is 0.191 e. The Balaban J connectivity index is 1.96. The van der Waals surface area contributed by atoms with Crippen LogP contribution >= 0.6 is 0 Å². The average molecular weight is 239 g/mol. The molecule has 0 amide bonds. The Labute approximate surface area is 104 Å². The first-order valence-corrected chi connectivity index (χ1v) is 6.76. The highest BCUT2D eigenvalue weighted by Gasteiger charge is 2.55. The summed E-state index contributed by atoms with van der Waals surface area (Å²) in [5.41, 5.74) is 6.50. The maximum atomic E-state index is 6.09. The molecule has 17 heavy (non-hydrogen) atoms. The molecule has 0 aromatic heterocycles. The molecular formula is C13H25N3O. The van der Waals surface area contributed by atoms with Crippen molar-refractivity contribution in [3.8, 4) is 0 Å². The van der Waals surface area contributed by atoms with E-state index in [1.165, 1.54) is 12.8 Å². The summed E-state index contributed by atoms with van der Waals surface area (Å²) in [6.07, 6.45) is 2.40. The standard InChI is InChI=1S/C13H25N3O/c1-4-13(10(2)3)9-11(13)15-12(14)16-5-7-17-8-6-16/h10-11H,4-9H2,1-3H3,(H2,14,15). The second kappa shape index (κ2) is 4.84. The third-order valence-corrected chi connectivity index (χ3v) is 4.51. The lowest BCUT2D eigenvalue weighted by molar-refractivity contribution is 0.0673. The highest BCUT2D eigenvalue weighted by atomic mass is 16.5. The Morgan fingerprint density at radius 1 is 1.47 bits per heavy atom. The predicted octanol–water partition coefficient (Wildman–Crippen LogP) is 1.46. The molecule has 2 unspecified atom stereocenters. The molecule has 0 radical (unpaired) electrons. The van der Waals surface area contributed by atoms with Crippen molar-refractivity contribution in [2.75, 3.05) is 26.3 Å². The number of ether oxygens (including phenoxy) is 1. The Morgan fingerprint density at radius 2 is 2.12 bits per heavy atom. The second-order valence-corrected chi connectivity index (χ2v) is 5.55. The van der Waals surface area contributed by atoms with Gasteiger partial charge in [-0.3, -0.25) is 0 Å². The van der Waals surface area contributed by atoms with Gasteiger partial charge in [0.2, 0.25) is 0 Å². The summed E-state index contributed by atoms with van der Waals surface area (Å²) in [4.78, 5) is 6.86. The molecule has 2 N–H and O–H groups in total. The normalized spacial score (nSPS) is 34.2. The van der Waals surface area contributed by atoms with E-state index in [-0.39, 0.29) is 0 Å². The fourth-order valence-electron chi connectivity index (χ4n) is 2.92. The third-order valence-electron chi connectivity index (χ3n) is 4.51. The summed E-state index contributed by atoms with van der Waals surface area (Å²) in [6, 6.07) is 0.440. The van der Waals surface area contributed by atoms with Crippen LogP contribution in [0.2, 0.25) is 0 Å². The lowest BCUT2D eigenvalue weighted by atomic mass is 9.89. The minimum atomic E-state index is 0.414. The average Bonchev–Trinajstić information content (AvgIpc) is 3.05. The highest BCUT2D eigenvalue weighted by Crippen LogP contribution is 2.56. The van der Waals surface area contributed by atoms with Gasteiger partial charge in [0, 0.05) is 13.1 Å². The number of nitrogens with zero attached hydrogens (tertiary/aromatic N) is 2. The number of morpholine rings is 1. The van der Waals surface area contributed by atoms with Crippen molar-refractivity contribution in [2.45, 2.75) is 39.7 Å². The minimum Gasteiger partial charge on any atom is -0.378 e. The van der Waals surface area contributed by atoms with Crippen LogP contribution in [0.4, 0.5) is 0 Å². The fraction of sp³-hybridized carbons (Fsp3) is 0.923. The van der Waals surface area contributed by atoms with Gasteiger partial charge in [0.25, 0.3) is 0 Å². The van der Waals surface area contributed by atoms with Crippen LogP contribution < -0.4 is 5.73 Å². The summed E-state index contributed by atoms with van der Waals surface area (Å²) in [6.45, 7) is 10.1. The summed E-state index contributed by atoms with van der Waals surface area (Å²) < 4.78 is 5.32. The lowest BCUT2D eigenvalue weighted by Crippen LogP contribution is -2.45. The van der Waals surface area contributed by atoms with Crippen LogP contribution in [0.5, 0.6) is 0 Å². The molecule has 2 fully saturated rings. The van der Waals surface area contributed by atoms with Crippen LogP contribution in [-0.2, 0) is 4.74 Å². The number of hydrogen-bond donors (Lipinski definition) is 1. The van der Waals surface area contributed by atoms with Gasteiger partial charge in [0.05, 0.1) is 19.3 Å². The van der Waals surface area contributed by atoms with E-state index in [0.29, 0.717) is 23.3 Å². The topological polar surface area (TPSA) is 50.8 Å². The molecular weight excluding hydrogens is 214 g/mol. The van der Waals surface area contributed by atoms with Gasteiger partial charge in [-0.1, -0.05) is 20.8 Å². The molecule has 1 saturated carbocycles. The van der Waals surface area contributed by atoms with Crippen molar-refractivity contribution >= 4 is 5.96 Å². The first-order chi connectivity index (χ1) is 8.10. The first-order valence-electron chi connectivity index (χ1n) is 6.76. The Hall–Kier alpha value is -0.770. The molecule has 2 rings (SSSR count). The van der Waals surface area contributed by atoms with Crippen molar-refractivity contribution in [2.24, 2.45) is 22.1 Å². The molecule has 0 aromatic carbocycles. The molecule has 0 spiro atoms. The van der Waals surface area contributed by atoms with Crippen LogP contribution in [0.15, 0.2) is 4.99 Å². The predicted molar refractivity (Wildman–Crippen MR) is 70.0 cm³/mol. The van der Waals surface area contributed by atoms with Gasteiger partial charge in [0.15, 0.2) is 5.96 Å². The quantitative estimate of drug-likeness (QED) is 0.599. The third kappa shape index (κ3) is 2.41. The van der Waals surface area contributed by atoms with Crippen molar-refractivity contribution in [3.05, 3.63) is 0 Å². The SMILES string of the molecule is CCC1(C(C)C)CC1N=C(N)N1CCOCC1. The molecule has 2 atom stereocenters. The molecule has 1 saturated heterocycles. The van der Waals surface area contributed by atoms with Gasteiger partial charge < -0.3 is 15.4 Å². The van der Waals surface area contributed by atoms with Crippen molar-refractivity contribution in [3.63, 3.8) is 0 Å². The molecule has 1 aliphatic heterocycles. The van der Waals surface area contributed by atoms with Crippen LogP contribution in [0.1, 0.15) is 33.6 Å². The minimum absolute atomic E-state index is 0.414. The number of aliphatic imine (C=N–C) groups is 1. The van der Waals surface area contributed by atoms with Gasteiger partial charge >= 0.3 is 0 Å². The zero-order valence-corrected chi connectivity index (χ0v) is 11.3. The number of guanidine groups is 1. The second-order valence-electron chi connectivity index (χ2n) is 5.55. The van der Waals surface area contributed by atoms with Crippen molar-refractivity contribution < 1.29 is 4.74 Å². The molecule has 1 heterocycles. The van der Waals surface area contributed by atoms with E-state index in [2.05, 4.69) is 25.7 Å². The van der Waals surface area contributed by atoms with Gasteiger partial charge in [-0.15, -0.1) is 0 Å². The molecule has 4 heteroatoms. The van der Waals surface area contributed by atoms with E-state index in [4.69, 9.17) is 15.5 Å². The first kappa shape index (κ1) is 12.7. The van der Waals surface area contributed by atoms with E-state index in [9.17, 15) is 0 Å². The Bertz CT molecular complexity index is 297. The number of rotatable bonds is 3. The van der Waals surface area contributed by atoms with Gasteiger partial charge in [0.1, 0.15) is 0 Å². The Kier molecular flexibility index (Phi) is 3.61. The molecule has 2 aliphatic rings. The van der Waals surface area contributed by atoms with Crippen LogP contribution in [-0.4, -0.2) is 43.2 Å². The zero-order chi connectivity index (χ0) is 12.5. The maximum Gasteiger partial charge on any atom is 0.191 e. The monoisotopic (exact) mass is 239 g/mol. The number of hydrogen-bond acceptors (Lipinski definition) is 2. The summed E-state index contributed by atoms with van der Waals surface area (Å²) >= 11 is 0. The van der Waals surface area contributed by atoms with E-state index >= 15 is 0 Å². The van der Waals surface area contributed by atoms with Gasteiger partial charge in [-0.25, -0.2) is 4.99 Å². The Morgan fingerprint density at radius 3 is 2.59 bits per heavy atom. The zero-order valence-electron chi connectivity index (χ0n) is 11.3. The number of nitrogens with two attached hydrogens (primary N) is 1. The largest absolute Gasteiger partial charge is 0.378 e. The van der Waals surface area contributed by atoms with Gasteiger partial charge in [-0.05, 0) is 24.2 Å². The molecule has 1 aliphatic carbocycles. The van der Waals surface area contributed by atoms with Crippen LogP contribution in [0.3, 0.4) is 0 Å². The van der Waals surface area contributed by atoms with E-state index in [1.807, 2.05) is 0 Å². The van der Waals surface area contributed by atoms with E-state index in [0.717, 1.165) is 26.3 Å². The molecule has 4 nitrogen and oxygen atoms in total. The van der Waals surface area contributed by atoms with Crippen molar-refractivity contribution in [1.82, 2.24) is 4.90 Å². The summed E-state index contributed by atoms with van der Waals surface area (Å²) in [5, 5.41) is 0. The van der Waals surface area contributed by atoms with Crippen LogP contribution in [0, 0.1) is 11.3 Å². The van der Waals surface area contributed by atoms with E-state index in [1.54, 1.807) is 0 Å². The maximum absolute atomic E-state index is 6.09. The lowest BCUT2D eigenvalue weighted by Gasteiger charge is -2.28. The highest BCUT2D eigenvalue weighted by molar-refractivity contribution is 5.78. The van der Waals surface area contributed by atoms with Crippen LogP contribution in [0.25, 0.3) is 0 Å². The molecule has 98 valence electrons. The van der Waals surface area contributed by atoms with Crippen molar-refractivity contribution in [1.29, 1.82) is 0 Å². The molecule has 0 aromatic rings. The fourth-order valence-corrected chi connectivity index (χ4v) is 2.92. The summed E-state index contributed by atoms with van der Waals surface area (Å²) in [5.74, 6) is 1.41. The van der Waals surface area contributed by atoms with E-state index < -0.39 is 0 Å².